The molecule has 0 bridgehead atoms. The van der Waals surface area contributed by atoms with Crippen molar-refractivity contribution in [3.63, 3.8) is 0 Å². The Hall–Kier alpha value is -1.79. The van der Waals surface area contributed by atoms with Gasteiger partial charge in [0.25, 0.3) is 5.91 Å². The van der Waals surface area contributed by atoms with E-state index in [1.165, 1.54) is 0 Å². The van der Waals surface area contributed by atoms with Crippen LogP contribution in [-0.2, 0) is 0 Å². The molecule has 1 aromatic carbocycles. The van der Waals surface area contributed by atoms with Crippen LogP contribution in [0.5, 0.6) is 0 Å². The number of terminal acetylenes is 1. The number of aliphatic hydroxyl groups is 1. The molecule has 90 valence electrons. The first-order valence-electron chi connectivity index (χ1n) is 5.53. The molecule has 0 aliphatic carbocycles. The molecular formula is C14H17NO2. The summed E-state index contributed by atoms with van der Waals surface area (Å²) < 4.78 is 0. The van der Waals surface area contributed by atoms with E-state index in [0.717, 1.165) is 5.56 Å². The Morgan fingerprint density at radius 3 is 2.53 bits per heavy atom. The molecule has 0 aliphatic rings. The summed E-state index contributed by atoms with van der Waals surface area (Å²) >= 11 is 0. The van der Waals surface area contributed by atoms with Gasteiger partial charge < -0.3 is 10.4 Å². The molecule has 0 spiro atoms. The molecule has 0 aromatic heterocycles. The molecule has 17 heavy (non-hydrogen) atoms. The van der Waals surface area contributed by atoms with Crippen molar-refractivity contribution in [3.05, 3.63) is 35.4 Å². The van der Waals surface area contributed by atoms with Gasteiger partial charge in [0.2, 0.25) is 0 Å². The highest BCUT2D eigenvalue weighted by Crippen LogP contribution is 2.06. The highest BCUT2D eigenvalue weighted by molar-refractivity contribution is 5.94. The van der Waals surface area contributed by atoms with E-state index in [1.54, 1.807) is 19.1 Å². The number of carbonyl (C=O) groups is 1. The van der Waals surface area contributed by atoms with Gasteiger partial charge in [0.1, 0.15) is 0 Å². The minimum absolute atomic E-state index is 0.133. The monoisotopic (exact) mass is 231 g/mol. The summed E-state index contributed by atoms with van der Waals surface area (Å²) in [7, 11) is 0. The minimum atomic E-state index is -0.357. The van der Waals surface area contributed by atoms with Gasteiger partial charge >= 0.3 is 0 Å². The van der Waals surface area contributed by atoms with Gasteiger partial charge in [-0.15, -0.1) is 6.42 Å². The third kappa shape index (κ3) is 3.61. The zero-order valence-corrected chi connectivity index (χ0v) is 10.1. The maximum absolute atomic E-state index is 11.8. The molecule has 3 heteroatoms. The van der Waals surface area contributed by atoms with Crippen LogP contribution in [-0.4, -0.2) is 23.7 Å². The first kappa shape index (κ1) is 13.3. The van der Waals surface area contributed by atoms with Crippen LogP contribution in [0.15, 0.2) is 24.3 Å². The van der Waals surface area contributed by atoms with Gasteiger partial charge in [0, 0.05) is 11.6 Å². The number of rotatable bonds is 4. The number of hydrogen-bond donors (Lipinski definition) is 2. The van der Waals surface area contributed by atoms with Gasteiger partial charge in [-0.2, -0.15) is 0 Å². The summed E-state index contributed by atoms with van der Waals surface area (Å²) in [5.41, 5.74) is 1.70. The van der Waals surface area contributed by atoms with Gasteiger partial charge in [-0.3, -0.25) is 4.79 Å². The van der Waals surface area contributed by atoms with Crippen molar-refractivity contribution >= 4 is 5.91 Å². The largest absolute Gasteiger partial charge is 0.395 e. The molecule has 1 aromatic rings. The normalized spacial score (nSPS) is 13.5. The Kier molecular flexibility index (Phi) is 4.74. The molecule has 1 rings (SSSR count). The summed E-state index contributed by atoms with van der Waals surface area (Å²) in [6, 6.07) is 7.04. The second-order valence-corrected chi connectivity index (χ2v) is 4.08. The van der Waals surface area contributed by atoms with E-state index in [2.05, 4.69) is 11.2 Å². The van der Waals surface area contributed by atoms with E-state index in [1.807, 2.05) is 19.1 Å². The Balaban J connectivity index is 2.67. The Morgan fingerprint density at radius 1 is 1.47 bits per heavy atom. The molecule has 2 N–H and O–H groups in total. The summed E-state index contributed by atoms with van der Waals surface area (Å²) in [6.45, 7) is 3.61. The Bertz CT molecular complexity index is 417. The van der Waals surface area contributed by atoms with Crippen molar-refractivity contribution < 1.29 is 9.90 Å². The second kappa shape index (κ2) is 6.07. The molecule has 0 heterocycles. The summed E-state index contributed by atoms with van der Waals surface area (Å²) in [5.74, 6) is 1.92. The fourth-order valence-electron chi connectivity index (χ4n) is 1.45. The number of benzene rings is 1. The van der Waals surface area contributed by atoms with Crippen LogP contribution >= 0.6 is 0 Å². The minimum Gasteiger partial charge on any atom is -0.395 e. The summed E-state index contributed by atoms with van der Waals surface area (Å²) in [5, 5.41) is 11.8. The topological polar surface area (TPSA) is 49.3 Å². The first-order valence-corrected chi connectivity index (χ1v) is 5.53. The van der Waals surface area contributed by atoms with Crippen LogP contribution in [0.25, 0.3) is 0 Å². The van der Waals surface area contributed by atoms with Gasteiger partial charge in [0.05, 0.1) is 12.5 Å². The van der Waals surface area contributed by atoms with Crippen molar-refractivity contribution in [2.75, 3.05) is 6.61 Å². The van der Waals surface area contributed by atoms with E-state index in [4.69, 9.17) is 11.5 Å². The van der Waals surface area contributed by atoms with Crippen LogP contribution in [0.3, 0.4) is 0 Å². The van der Waals surface area contributed by atoms with Crippen LogP contribution in [0.2, 0.25) is 0 Å². The number of aryl methyl sites for hydroxylation is 1. The number of hydrogen-bond acceptors (Lipinski definition) is 2. The zero-order chi connectivity index (χ0) is 12.8. The predicted molar refractivity (Wildman–Crippen MR) is 67.5 cm³/mol. The van der Waals surface area contributed by atoms with E-state index in [9.17, 15) is 4.79 Å². The highest BCUT2D eigenvalue weighted by atomic mass is 16.3. The number of amides is 1. The Labute approximate surface area is 102 Å². The molecule has 0 aliphatic heterocycles. The van der Waals surface area contributed by atoms with Gasteiger partial charge in [-0.1, -0.05) is 23.6 Å². The zero-order valence-electron chi connectivity index (χ0n) is 10.1. The standard InChI is InChI=1S/C14H17NO2/c1-4-12(9-16)11(3)15-14(17)13-7-5-10(2)6-8-13/h1,5-8,11-12,16H,9H2,2-3H3,(H,15,17). The lowest BCUT2D eigenvalue weighted by atomic mass is 10.0. The molecule has 0 saturated heterocycles. The average Bonchev–Trinajstić information content (AvgIpc) is 2.31. The van der Waals surface area contributed by atoms with E-state index >= 15 is 0 Å². The smallest absolute Gasteiger partial charge is 0.251 e. The third-order valence-electron chi connectivity index (χ3n) is 2.69. The average molecular weight is 231 g/mol. The molecule has 1 amide bonds. The van der Waals surface area contributed by atoms with E-state index in [0.29, 0.717) is 5.56 Å². The van der Waals surface area contributed by atoms with Crippen LogP contribution in [0.1, 0.15) is 22.8 Å². The van der Waals surface area contributed by atoms with Gasteiger partial charge in [-0.25, -0.2) is 0 Å². The maximum Gasteiger partial charge on any atom is 0.251 e. The fraction of sp³-hybridized carbons (Fsp3) is 0.357. The van der Waals surface area contributed by atoms with Gasteiger partial charge in [-0.05, 0) is 26.0 Å². The summed E-state index contributed by atoms with van der Waals surface area (Å²) in [4.78, 5) is 11.8. The molecule has 2 unspecified atom stereocenters. The third-order valence-corrected chi connectivity index (χ3v) is 2.69. The van der Waals surface area contributed by atoms with Crippen LogP contribution in [0, 0.1) is 25.2 Å². The van der Waals surface area contributed by atoms with E-state index < -0.39 is 0 Å². The first-order chi connectivity index (χ1) is 8.08. The Morgan fingerprint density at radius 2 is 2.06 bits per heavy atom. The number of aliphatic hydroxyl groups excluding tert-OH is 1. The van der Waals surface area contributed by atoms with Crippen molar-refractivity contribution in [2.24, 2.45) is 5.92 Å². The second-order valence-electron chi connectivity index (χ2n) is 4.08. The van der Waals surface area contributed by atoms with Gasteiger partial charge in [0.15, 0.2) is 0 Å². The van der Waals surface area contributed by atoms with Crippen LogP contribution in [0.4, 0.5) is 0 Å². The van der Waals surface area contributed by atoms with Crippen molar-refractivity contribution in [3.8, 4) is 12.3 Å². The van der Waals surface area contributed by atoms with Crippen molar-refractivity contribution in [1.29, 1.82) is 0 Å². The van der Waals surface area contributed by atoms with E-state index in [-0.39, 0.29) is 24.5 Å². The van der Waals surface area contributed by atoms with Crippen molar-refractivity contribution in [2.45, 2.75) is 19.9 Å². The fourth-order valence-corrected chi connectivity index (χ4v) is 1.45. The molecule has 2 atom stereocenters. The number of nitrogens with one attached hydrogen (secondary N) is 1. The lowest BCUT2D eigenvalue weighted by Crippen LogP contribution is -2.38. The lowest BCUT2D eigenvalue weighted by molar-refractivity contribution is 0.0924. The highest BCUT2D eigenvalue weighted by Gasteiger charge is 2.16. The van der Waals surface area contributed by atoms with Crippen LogP contribution < -0.4 is 5.32 Å². The molecule has 0 radical (unpaired) electrons. The molecule has 0 fully saturated rings. The number of carbonyl (C=O) groups excluding carboxylic acids is 1. The molecule has 3 nitrogen and oxygen atoms in total. The predicted octanol–water partition coefficient (Wildman–Crippen LogP) is 1.36. The summed E-state index contributed by atoms with van der Waals surface area (Å²) in [6.07, 6.45) is 5.26. The lowest BCUT2D eigenvalue weighted by Gasteiger charge is -2.18. The quantitative estimate of drug-likeness (QED) is 0.769. The SMILES string of the molecule is C#CC(CO)C(C)NC(=O)c1ccc(C)cc1. The molecular weight excluding hydrogens is 214 g/mol. The molecule has 0 saturated carbocycles. The van der Waals surface area contributed by atoms with Crippen molar-refractivity contribution in [1.82, 2.24) is 5.32 Å². The maximum atomic E-state index is 11.8.